The molecule has 0 heterocycles. The smallest absolute Gasteiger partial charge is 0.247 e. The summed E-state index contributed by atoms with van der Waals surface area (Å²) >= 11 is 0. The highest BCUT2D eigenvalue weighted by Crippen LogP contribution is 2.20. The normalized spacial score (nSPS) is 14.1. The predicted octanol–water partition coefficient (Wildman–Crippen LogP) is 1.66. The third kappa shape index (κ3) is 4.32. The molecule has 0 spiro atoms. The number of carbonyl (C=O) groups excluding carboxylic acids is 1. The molecule has 0 bridgehead atoms. The largest absolute Gasteiger partial charge is 0.340 e. The maximum atomic E-state index is 12.8. The monoisotopic (exact) mass is 277 g/mol. The molecule has 1 atom stereocenters. The molecule has 0 aliphatic heterocycles. The number of hydrogen-bond acceptors (Lipinski definition) is 3. The molecule has 1 unspecified atom stereocenters. The molecule has 1 amide bonds. The molecule has 0 aliphatic rings. The molecule has 0 saturated heterocycles. The Bertz CT molecular complexity index is 415. The molecule has 1 aromatic carbocycles. The van der Waals surface area contributed by atoms with Crippen LogP contribution >= 0.6 is 0 Å². The van der Waals surface area contributed by atoms with E-state index in [9.17, 15) is 4.79 Å². The molecule has 2 N–H and O–H groups in total. The lowest BCUT2D eigenvalue weighted by Crippen LogP contribution is -2.52. The van der Waals surface area contributed by atoms with Crippen molar-refractivity contribution in [2.45, 2.75) is 25.8 Å². The van der Waals surface area contributed by atoms with Gasteiger partial charge in [0.05, 0.1) is 0 Å². The van der Waals surface area contributed by atoms with Gasteiger partial charge in [0.2, 0.25) is 5.91 Å². The Hall–Kier alpha value is -1.39. The highest BCUT2D eigenvalue weighted by Gasteiger charge is 2.33. The Kier molecular flexibility index (Phi) is 6.17. The van der Waals surface area contributed by atoms with Gasteiger partial charge in [0.15, 0.2) is 0 Å². The molecule has 4 nitrogen and oxygen atoms in total. The fourth-order valence-corrected chi connectivity index (χ4v) is 2.14. The average molecular weight is 277 g/mol. The number of benzene rings is 1. The minimum atomic E-state index is -0.970. The number of nitrogens with zero attached hydrogens (tertiary/aromatic N) is 2. The average Bonchev–Trinajstić information content (AvgIpc) is 2.43. The van der Waals surface area contributed by atoms with Gasteiger partial charge in [0.25, 0.3) is 0 Å². The molecule has 0 saturated carbocycles. The minimum absolute atomic E-state index is 0.00704. The minimum Gasteiger partial charge on any atom is -0.340 e. The van der Waals surface area contributed by atoms with Crippen molar-refractivity contribution in [3.05, 3.63) is 35.9 Å². The van der Waals surface area contributed by atoms with E-state index in [0.29, 0.717) is 6.54 Å². The number of amides is 1. The van der Waals surface area contributed by atoms with Crippen LogP contribution in [0.25, 0.3) is 0 Å². The molecule has 20 heavy (non-hydrogen) atoms. The molecular weight excluding hydrogens is 250 g/mol. The summed E-state index contributed by atoms with van der Waals surface area (Å²) in [6, 6.07) is 9.58. The summed E-state index contributed by atoms with van der Waals surface area (Å²) in [7, 11) is 4.01. The van der Waals surface area contributed by atoms with Crippen LogP contribution in [0, 0.1) is 0 Å². The standard InChI is InChI=1S/C16H27N3O/c1-5-11-19(13-12-18(3)4)15(20)16(2,17)14-9-7-6-8-10-14/h6-10H,5,11-13,17H2,1-4H3. The topological polar surface area (TPSA) is 49.6 Å². The van der Waals surface area contributed by atoms with Gasteiger partial charge in [-0.2, -0.15) is 0 Å². The summed E-state index contributed by atoms with van der Waals surface area (Å²) in [4.78, 5) is 16.7. The van der Waals surface area contributed by atoms with Gasteiger partial charge in [-0.05, 0) is 33.0 Å². The number of carbonyl (C=O) groups is 1. The molecule has 0 radical (unpaired) electrons. The number of nitrogens with two attached hydrogens (primary N) is 1. The molecular formula is C16H27N3O. The summed E-state index contributed by atoms with van der Waals surface area (Å²) in [6.07, 6.45) is 0.935. The van der Waals surface area contributed by atoms with Gasteiger partial charge in [-0.15, -0.1) is 0 Å². The van der Waals surface area contributed by atoms with Crippen LogP contribution in [0.2, 0.25) is 0 Å². The van der Waals surface area contributed by atoms with E-state index in [1.54, 1.807) is 6.92 Å². The number of hydrogen-bond donors (Lipinski definition) is 1. The van der Waals surface area contributed by atoms with Crippen LogP contribution in [0.5, 0.6) is 0 Å². The lowest BCUT2D eigenvalue weighted by Gasteiger charge is -2.32. The zero-order valence-corrected chi connectivity index (χ0v) is 13.1. The highest BCUT2D eigenvalue weighted by atomic mass is 16.2. The summed E-state index contributed by atoms with van der Waals surface area (Å²) in [5.41, 5.74) is 6.20. The van der Waals surface area contributed by atoms with Crippen molar-refractivity contribution >= 4 is 5.91 Å². The molecule has 0 fully saturated rings. The zero-order chi connectivity index (χ0) is 15.2. The first-order valence-corrected chi connectivity index (χ1v) is 7.18. The SMILES string of the molecule is CCCN(CCN(C)C)C(=O)C(C)(N)c1ccccc1. The van der Waals surface area contributed by atoms with Crippen LogP contribution < -0.4 is 5.73 Å². The second-order valence-corrected chi connectivity index (χ2v) is 5.66. The molecule has 1 aromatic rings. The second-order valence-electron chi connectivity index (χ2n) is 5.66. The van der Waals surface area contributed by atoms with E-state index in [2.05, 4.69) is 11.8 Å². The van der Waals surface area contributed by atoms with Crippen LogP contribution in [-0.2, 0) is 10.3 Å². The predicted molar refractivity (Wildman–Crippen MR) is 83.4 cm³/mol. The zero-order valence-electron chi connectivity index (χ0n) is 13.1. The lowest BCUT2D eigenvalue weighted by molar-refractivity contribution is -0.137. The van der Waals surface area contributed by atoms with Crippen molar-refractivity contribution in [2.75, 3.05) is 33.7 Å². The van der Waals surface area contributed by atoms with E-state index < -0.39 is 5.54 Å². The van der Waals surface area contributed by atoms with Gasteiger partial charge in [-0.25, -0.2) is 0 Å². The van der Waals surface area contributed by atoms with E-state index in [1.165, 1.54) is 0 Å². The van der Waals surface area contributed by atoms with Crippen LogP contribution in [0.15, 0.2) is 30.3 Å². The molecule has 112 valence electrons. The van der Waals surface area contributed by atoms with E-state index in [-0.39, 0.29) is 5.91 Å². The van der Waals surface area contributed by atoms with E-state index >= 15 is 0 Å². The van der Waals surface area contributed by atoms with Gasteiger partial charge >= 0.3 is 0 Å². The molecule has 0 aromatic heterocycles. The molecule has 1 rings (SSSR count). The summed E-state index contributed by atoms with van der Waals surface area (Å²) in [6.45, 7) is 6.16. The Labute approximate surface area is 122 Å². The third-order valence-corrected chi connectivity index (χ3v) is 3.42. The molecule has 4 heteroatoms. The van der Waals surface area contributed by atoms with Gasteiger partial charge in [-0.1, -0.05) is 37.3 Å². The lowest BCUT2D eigenvalue weighted by atomic mass is 9.91. The van der Waals surface area contributed by atoms with E-state index in [0.717, 1.165) is 25.1 Å². The Balaban J connectivity index is 2.87. The van der Waals surface area contributed by atoms with Gasteiger partial charge < -0.3 is 15.5 Å². The summed E-state index contributed by atoms with van der Waals surface area (Å²) < 4.78 is 0. The van der Waals surface area contributed by atoms with Crippen LogP contribution in [0.1, 0.15) is 25.8 Å². The number of likely N-dealkylation sites (N-methyl/N-ethyl adjacent to an activating group) is 1. The van der Waals surface area contributed by atoms with E-state index in [1.807, 2.05) is 49.3 Å². The fraction of sp³-hybridized carbons (Fsp3) is 0.562. The van der Waals surface area contributed by atoms with Crippen molar-refractivity contribution in [1.29, 1.82) is 0 Å². The maximum absolute atomic E-state index is 12.8. The van der Waals surface area contributed by atoms with Crippen LogP contribution in [-0.4, -0.2) is 49.4 Å². The van der Waals surface area contributed by atoms with Crippen molar-refractivity contribution in [1.82, 2.24) is 9.80 Å². The van der Waals surface area contributed by atoms with Gasteiger partial charge in [0, 0.05) is 19.6 Å². The first-order valence-electron chi connectivity index (χ1n) is 7.18. The van der Waals surface area contributed by atoms with Gasteiger partial charge in [-0.3, -0.25) is 4.79 Å². The third-order valence-electron chi connectivity index (χ3n) is 3.42. The Morgan fingerprint density at radius 3 is 2.25 bits per heavy atom. The second kappa shape index (κ2) is 7.41. The number of rotatable bonds is 7. The van der Waals surface area contributed by atoms with Crippen molar-refractivity contribution < 1.29 is 4.79 Å². The summed E-state index contributed by atoms with van der Waals surface area (Å²) in [5, 5.41) is 0. The quantitative estimate of drug-likeness (QED) is 0.824. The van der Waals surface area contributed by atoms with Crippen LogP contribution in [0.4, 0.5) is 0 Å². The first-order chi connectivity index (χ1) is 9.39. The Morgan fingerprint density at radius 2 is 1.75 bits per heavy atom. The van der Waals surface area contributed by atoms with Gasteiger partial charge in [0.1, 0.15) is 5.54 Å². The van der Waals surface area contributed by atoms with Crippen molar-refractivity contribution in [2.24, 2.45) is 5.73 Å². The van der Waals surface area contributed by atoms with E-state index in [4.69, 9.17) is 5.73 Å². The summed E-state index contributed by atoms with van der Waals surface area (Å²) in [5.74, 6) is -0.00704. The first kappa shape index (κ1) is 16.7. The van der Waals surface area contributed by atoms with Crippen molar-refractivity contribution in [3.8, 4) is 0 Å². The Morgan fingerprint density at radius 1 is 1.15 bits per heavy atom. The molecule has 0 aliphatic carbocycles. The fourth-order valence-electron chi connectivity index (χ4n) is 2.14. The highest BCUT2D eigenvalue weighted by molar-refractivity contribution is 5.87. The maximum Gasteiger partial charge on any atom is 0.247 e. The van der Waals surface area contributed by atoms with Crippen LogP contribution in [0.3, 0.4) is 0 Å². The van der Waals surface area contributed by atoms with Crippen molar-refractivity contribution in [3.63, 3.8) is 0 Å².